The molecule has 0 radical (unpaired) electrons. The van der Waals surface area contributed by atoms with Crippen LogP contribution in [0.4, 0.5) is 0 Å². The summed E-state index contributed by atoms with van der Waals surface area (Å²) in [5.74, 6) is -2.07. The second-order valence-electron chi connectivity index (χ2n) is 10.9. The summed E-state index contributed by atoms with van der Waals surface area (Å²) in [6.07, 6.45) is 22.9. The van der Waals surface area contributed by atoms with Crippen molar-refractivity contribution < 1.29 is 24.2 Å². The summed E-state index contributed by atoms with van der Waals surface area (Å²) in [5, 5.41) is 11.7. The number of ether oxygens (including phenoxy) is 1. The van der Waals surface area contributed by atoms with Crippen LogP contribution in [0.25, 0.3) is 0 Å². The lowest BCUT2D eigenvalue weighted by molar-refractivity contribution is -0.145. The van der Waals surface area contributed by atoms with Crippen LogP contribution >= 0.6 is 0 Å². The predicted molar refractivity (Wildman–Crippen MR) is 162 cm³/mol. The first-order valence-electron chi connectivity index (χ1n) is 15.8. The van der Waals surface area contributed by atoms with E-state index in [2.05, 4.69) is 22.7 Å². The highest BCUT2D eigenvalue weighted by Crippen LogP contribution is 2.13. The van der Waals surface area contributed by atoms with Crippen molar-refractivity contribution in [3.05, 3.63) is 18.2 Å². The smallest absolute Gasteiger partial charge is 0.330 e. The molecule has 1 amide bonds. The first-order valence-corrected chi connectivity index (χ1v) is 15.8. The Bertz CT molecular complexity index is 834. The van der Waals surface area contributed by atoms with Crippen LogP contribution in [0, 0.1) is 0 Å². The van der Waals surface area contributed by atoms with E-state index in [9.17, 15) is 19.5 Å². The van der Waals surface area contributed by atoms with Gasteiger partial charge in [0.1, 0.15) is 18.4 Å². The Kier molecular flexibility index (Phi) is 21.3. The average molecular weight is 581 g/mol. The molecule has 41 heavy (non-hydrogen) atoms. The maximum Gasteiger partial charge on any atom is 0.330 e. The first-order chi connectivity index (χ1) is 19.9. The molecule has 0 bridgehead atoms. The van der Waals surface area contributed by atoms with Crippen molar-refractivity contribution in [2.24, 2.45) is 11.5 Å². The second-order valence-corrected chi connectivity index (χ2v) is 10.9. The van der Waals surface area contributed by atoms with E-state index in [1.165, 1.54) is 81.6 Å². The number of carbonyl (C=O) groups is 3. The molecule has 0 saturated carbocycles. The van der Waals surface area contributed by atoms with Crippen LogP contribution in [0.3, 0.4) is 0 Å². The molecule has 0 aliphatic heterocycles. The van der Waals surface area contributed by atoms with E-state index in [1.807, 2.05) is 0 Å². The van der Waals surface area contributed by atoms with Gasteiger partial charge in [-0.05, 0) is 32.2 Å². The molecule has 7 N–H and O–H groups in total. The summed E-state index contributed by atoms with van der Waals surface area (Å²) in [6, 6.07) is -1.73. The van der Waals surface area contributed by atoms with Crippen LogP contribution in [-0.2, 0) is 25.5 Å². The van der Waals surface area contributed by atoms with E-state index in [1.54, 1.807) is 6.20 Å². The number of hydrogen-bond acceptors (Lipinski definition) is 8. The Labute approximate surface area is 246 Å². The van der Waals surface area contributed by atoms with Gasteiger partial charge in [0.25, 0.3) is 0 Å². The molecule has 11 nitrogen and oxygen atoms in total. The quantitative estimate of drug-likeness (QED) is 0.0760. The van der Waals surface area contributed by atoms with E-state index in [0.29, 0.717) is 25.3 Å². The predicted octanol–water partition coefficient (Wildman–Crippen LogP) is 4.02. The van der Waals surface area contributed by atoms with Gasteiger partial charge in [-0.2, -0.15) is 0 Å². The van der Waals surface area contributed by atoms with Gasteiger partial charge in [0, 0.05) is 12.6 Å². The number of unbranched alkanes of at least 4 members (excludes halogenated alkanes) is 14. The lowest BCUT2D eigenvalue weighted by Crippen LogP contribution is -2.44. The first kappa shape index (κ1) is 36.4. The van der Waals surface area contributed by atoms with Gasteiger partial charge < -0.3 is 32.1 Å². The monoisotopic (exact) mass is 580 g/mol. The molecule has 0 fully saturated rings. The highest BCUT2D eigenvalue weighted by atomic mass is 16.5. The van der Waals surface area contributed by atoms with Crippen LogP contribution in [0.1, 0.15) is 122 Å². The summed E-state index contributed by atoms with van der Waals surface area (Å²) in [7, 11) is 0. The molecule has 0 aliphatic carbocycles. The molecule has 11 heteroatoms. The molecule has 1 aromatic heterocycles. The zero-order valence-corrected chi connectivity index (χ0v) is 25.3. The average Bonchev–Trinajstić information content (AvgIpc) is 3.40. The maximum atomic E-state index is 12.8. The Hall–Kier alpha value is -2.66. The summed E-state index contributed by atoms with van der Waals surface area (Å²) < 4.78 is 7.10. The third-order valence-electron chi connectivity index (χ3n) is 7.15. The van der Waals surface area contributed by atoms with Crippen molar-refractivity contribution in [3.8, 4) is 0 Å². The summed E-state index contributed by atoms with van der Waals surface area (Å²) in [6.45, 7) is 2.89. The third-order valence-corrected chi connectivity index (χ3v) is 7.15. The molecule has 0 spiro atoms. The molecule has 1 heterocycles. The number of hydrogen-bond donors (Lipinski definition) is 5. The Morgan fingerprint density at radius 2 is 1.46 bits per heavy atom. The topological polar surface area (TPSA) is 175 Å². The number of carbonyl (C=O) groups excluding carboxylic acids is 2. The number of aromatic nitrogens is 2. The molecule has 236 valence electrons. The summed E-state index contributed by atoms with van der Waals surface area (Å²) >= 11 is 0. The van der Waals surface area contributed by atoms with Gasteiger partial charge in [0.2, 0.25) is 5.91 Å². The zero-order chi connectivity index (χ0) is 30.1. The normalized spacial score (nSPS) is 12.6. The number of nitrogens with zero attached hydrogens (tertiary/aromatic N) is 2. The fourth-order valence-corrected chi connectivity index (χ4v) is 4.68. The number of carboxylic acids is 1. The SMILES string of the molecule is CCCCCCCCCCCCCCCCOC(=O)[C@H](CCCCN)Nn1cnc(C[C@H](NC(=O)CN)C(=O)O)c1. The number of carboxylic acid groups (broad SMARTS) is 1. The fraction of sp³-hybridized carbons (Fsp3) is 0.800. The van der Waals surface area contributed by atoms with Crippen LogP contribution in [0.2, 0.25) is 0 Å². The van der Waals surface area contributed by atoms with Crippen molar-refractivity contribution >= 4 is 17.8 Å². The number of amides is 1. The number of rotatable bonds is 27. The number of nitrogens with two attached hydrogens (primary N) is 2. The molecule has 0 aromatic carbocycles. The van der Waals surface area contributed by atoms with E-state index in [4.69, 9.17) is 16.2 Å². The van der Waals surface area contributed by atoms with Gasteiger partial charge in [0.15, 0.2) is 0 Å². The van der Waals surface area contributed by atoms with Crippen molar-refractivity contribution in [2.45, 2.75) is 135 Å². The lowest BCUT2D eigenvalue weighted by atomic mass is 10.0. The number of esters is 1. The van der Waals surface area contributed by atoms with Gasteiger partial charge in [-0.1, -0.05) is 90.4 Å². The minimum Gasteiger partial charge on any atom is -0.480 e. The second kappa shape index (κ2) is 24.0. The van der Waals surface area contributed by atoms with E-state index in [-0.39, 0.29) is 18.9 Å². The Balaban J connectivity index is 2.33. The molecule has 2 atom stereocenters. The van der Waals surface area contributed by atoms with E-state index < -0.39 is 24.0 Å². The van der Waals surface area contributed by atoms with Crippen LogP contribution in [0.15, 0.2) is 12.5 Å². The van der Waals surface area contributed by atoms with Gasteiger partial charge in [-0.3, -0.25) is 9.47 Å². The lowest BCUT2D eigenvalue weighted by Gasteiger charge is -2.19. The van der Waals surface area contributed by atoms with Crippen molar-refractivity contribution in [1.29, 1.82) is 0 Å². The maximum absolute atomic E-state index is 12.8. The number of nitrogens with one attached hydrogen (secondary N) is 2. The molecule has 0 unspecified atom stereocenters. The van der Waals surface area contributed by atoms with E-state index >= 15 is 0 Å². The molecule has 1 rings (SSSR count). The number of imidazole rings is 1. The molecular formula is C30H56N6O5. The van der Waals surface area contributed by atoms with Crippen LogP contribution in [-0.4, -0.2) is 64.4 Å². The van der Waals surface area contributed by atoms with Crippen molar-refractivity contribution in [3.63, 3.8) is 0 Å². The Morgan fingerprint density at radius 1 is 0.878 bits per heavy atom. The van der Waals surface area contributed by atoms with Crippen LogP contribution in [0.5, 0.6) is 0 Å². The zero-order valence-electron chi connectivity index (χ0n) is 25.3. The molecule has 0 saturated heterocycles. The molecule has 1 aromatic rings. The standard InChI is InChI=1S/C30H56N6O5/c1-2-3-4-5-6-7-8-9-10-11-12-13-14-17-20-41-30(40)26(18-15-16-19-31)35-36-23-25(33-24-36)21-27(29(38)39)34-28(37)22-32/h23-24,26-27,35H,2-22,31-32H2,1H3,(H,34,37)(H,38,39)/t26-,27-/m0/s1. The minimum atomic E-state index is -1.18. The number of aliphatic carboxylic acids is 1. The summed E-state index contributed by atoms with van der Waals surface area (Å²) in [5.41, 5.74) is 14.4. The molecule has 0 aliphatic rings. The summed E-state index contributed by atoms with van der Waals surface area (Å²) in [4.78, 5) is 40.0. The molecular weight excluding hydrogens is 524 g/mol. The highest BCUT2D eigenvalue weighted by Gasteiger charge is 2.23. The van der Waals surface area contributed by atoms with E-state index in [0.717, 1.165) is 32.1 Å². The van der Waals surface area contributed by atoms with Crippen molar-refractivity contribution in [2.75, 3.05) is 25.1 Å². The van der Waals surface area contributed by atoms with Gasteiger partial charge in [-0.15, -0.1) is 0 Å². The highest BCUT2D eigenvalue weighted by molar-refractivity contribution is 5.84. The van der Waals surface area contributed by atoms with Gasteiger partial charge in [0.05, 0.1) is 18.8 Å². The third kappa shape index (κ3) is 18.4. The van der Waals surface area contributed by atoms with Gasteiger partial charge >= 0.3 is 11.9 Å². The van der Waals surface area contributed by atoms with Crippen molar-refractivity contribution in [1.82, 2.24) is 15.0 Å². The van der Waals surface area contributed by atoms with Gasteiger partial charge in [-0.25, -0.2) is 14.6 Å². The largest absolute Gasteiger partial charge is 0.480 e. The Morgan fingerprint density at radius 3 is 2.00 bits per heavy atom. The van der Waals surface area contributed by atoms with Crippen LogP contribution < -0.4 is 22.2 Å². The fourth-order valence-electron chi connectivity index (χ4n) is 4.68. The minimum absolute atomic E-state index is 0.0167.